The van der Waals surface area contributed by atoms with Crippen LogP contribution in [0, 0.1) is 20.1 Å². The molecule has 0 saturated heterocycles. The van der Waals surface area contributed by atoms with Crippen molar-refractivity contribution in [1.82, 2.24) is 19.9 Å². The molecule has 25 heavy (non-hydrogen) atoms. The highest BCUT2D eigenvalue weighted by atomic mass is 32.3. The van der Waals surface area contributed by atoms with Crippen LogP contribution in [0.3, 0.4) is 0 Å². The fourth-order valence-electron chi connectivity index (χ4n) is 2.63. The zero-order valence-electron chi connectivity index (χ0n) is 14.5. The van der Waals surface area contributed by atoms with Crippen LogP contribution < -0.4 is 9.47 Å². The van der Waals surface area contributed by atoms with Gasteiger partial charge in [0.05, 0.1) is 25.4 Å². The van der Waals surface area contributed by atoms with Gasteiger partial charge in [-0.1, -0.05) is 10.3 Å². The number of H-pyrrole nitrogens is 1. The van der Waals surface area contributed by atoms with Crippen LogP contribution in [0.4, 0.5) is 0 Å². The van der Waals surface area contributed by atoms with Crippen molar-refractivity contribution >= 4 is 21.5 Å². The molecular weight excluding hydrogens is 340 g/mol. The second-order valence-corrected chi connectivity index (χ2v) is 7.90. The lowest BCUT2D eigenvalue weighted by molar-refractivity contribution is 0.399. The Morgan fingerprint density at radius 3 is 2.64 bits per heavy atom. The maximum Gasteiger partial charge on any atom is 0.215 e. The Morgan fingerprint density at radius 2 is 1.96 bits per heavy atom. The van der Waals surface area contributed by atoms with Crippen LogP contribution in [-0.2, 0) is 5.75 Å². The number of aromatic nitrogens is 4. The molecule has 132 valence electrons. The van der Waals surface area contributed by atoms with E-state index in [-0.39, 0.29) is 5.75 Å². The van der Waals surface area contributed by atoms with Crippen LogP contribution in [0.15, 0.2) is 23.5 Å². The number of pyridine rings is 2. The normalized spacial score (nSPS) is 15.0. The SMILES string of the molecule is [CH]S(O)(Cc1ncc(C)c(OC)c1C)c1nc2nc(OC)ccc2[nH]1. The van der Waals surface area contributed by atoms with Gasteiger partial charge in [-0.15, -0.1) is 0 Å². The highest BCUT2D eigenvalue weighted by molar-refractivity contribution is 8.29. The van der Waals surface area contributed by atoms with Gasteiger partial charge in [0, 0.05) is 35.4 Å². The van der Waals surface area contributed by atoms with Gasteiger partial charge in [0.2, 0.25) is 5.88 Å². The van der Waals surface area contributed by atoms with Gasteiger partial charge in [-0.2, -0.15) is 4.98 Å². The fourth-order valence-corrected chi connectivity index (χ4v) is 4.00. The summed E-state index contributed by atoms with van der Waals surface area (Å²) in [6.45, 7) is 3.82. The first kappa shape index (κ1) is 17.5. The van der Waals surface area contributed by atoms with E-state index in [0.717, 1.165) is 16.9 Å². The van der Waals surface area contributed by atoms with Crippen molar-refractivity contribution in [1.29, 1.82) is 0 Å². The number of hydrogen-bond donors (Lipinski definition) is 2. The van der Waals surface area contributed by atoms with Crippen molar-refractivity contribution in [3.63, 3.8) is 0 Å². The molecule has 3 rings (SSSR count). The molecule has 1 atom stereocenters. The summed E-state index contributed by atoms with van der Waals surface area (Å²) in [5.74, 6) is 1.35. The highest BCUT2D eigenvalue weighted by Gasteiger charge is 2.25. The van der Waals surface area contributed by atoms with E-state index in [0.29, 0.717) is 27.9 Å². The van der Waals surface area contributed by atoms with E-state index in [2.05, 4.69) is 19.9 Å². The van der Waals surface area contributed by atoms with Crippen molar-refractivity contribution in [2.24, 2.45) is 0 Å². The molecule has 8 heteroatoms. The summed E-state index contributed by atoms with van der Waals surface area (Å²) in [4.78, 5) is 16.0. The number of fused-ring (bicyclic) bond motifs is 1. The van der Waals surface area contributed by atoms with Gasteiger partial charge in [-0.05, 0) is 19.9 Å². The molecule has 0 aliphatic heterocycles. The highest BCUT2D eigenvalue weighted by Crippen LogP contribution is 2.52. The van der Waals surface area contributed by atoms with Gasteiger partial charge in [0.1, 0.15) is 5.75 Å². The number of rotatable bonds is 5. The van der Waals surface area contributed by atoms with Crippen LogP contribution in [0.2, 0.25) is 0 Å². The number of imidazole rings is 1. The van der Waals surface area contributed by atoms with Crippen molar-refractivity contribution in [3.05, 3.63) is 41.4 Å². The Labute approximate surface area is 148 Å². The van der Waals surface area contributed by atoms with Crippen molar-refractivity contribution in [3.8, 4) is 11.6 Å². The summed E-state index contributed by atoms with van der Waals surface area (Å²) < 4.78 is 21.4. The van der Waals surface area contributed by atoms with Gasteiger partial charge >= 0.3 is 0 Å². The van der Waals surface area contributed by atoms with Crippen LogP contribution >= 0.6 is 10.3 Å². The van der Waals surface area contributed by atoms with Crippen molar-refractivity contribution in [2.45, 2.75) is 24.8 Å². The molecular formula is C17H20N4O3S. The average Bonchev–Trinajstić information content (AvgIpc) is 3.02. The molecule has 0 amide bonds. The molecule has 0 saturated carbocycles. The predicted octanol–water partition coefficient (Wildman–Crippen LogP) is 3.49. The minimum Gasteiger partial charge on any atom is -0.496 e. The van der Waals surface area contributed by atoms with Gasteiger partial charge < -0.3 is 19.0 Å². The first-order valence-electron chi connectivity index (χ1n) is 7.56. The molecule has 0 aliphatic rings. The molecule has 2 radical (unpaired) electrons. The third-order valence-electron chi connectivity index (χ3n) is 3.95. The third-order valence-corrected chi connectivity index (χ3v) is 5.53. The molecule has 0 aliphatic carbocycles. The van der Waals surface area contributed by atoms with E-state index in [9.17, 15) is 4.55 Å². The Bertz CT molecular complexity index is 924. The van der Waals surface area contributed by atoms with Gasteiger partial charge in [0.25, 0.3) is 0 Å². The zero-order valence-corrected chi connectivity index (χ0v) is 15.3. The zero-order chi connectivity index (χ0) is 18.2. The number of aryl methyl sites for hydroxylation is 1. The van der Waals surface area contributed by atoms with Crippen LogP contribution in [0.5, 0.6) is 11.6 Å². The molecule has 3 heterocycles. The molecule has 0 aromatic carbocycles. The lowest BCUT2D eigenvalue weighted by Gasteiger charge is -2.26. The molecule has 0 bridgehead atoms. The van der Waals surface area contributed by atoms with Crippen molar-refractivity contribution in [2.75, 3.05) is 14.2 Å². The summed E-state index contributed by atoms with van der Waals surface area (Å²) in [6, 6.07) is 3.50. The third kappa shape index (κ3) is 3.27. The smallest absolute Gasteiger partial charge is 0.215 e. The largest absolute Gasteiger partial charge is 0.496 e. The molecule has 7 nitrogen and oxygen atoms in total. The number of methoxy groups -OCH3 is 2. The Morgan fingerprint density at radius 1 is 1.20 bits per heavy atom. The number of aromatic amines is 1. The van der Waals surface area contributed by atoms with E-state index >= 15 is 0 Å². The predicted molar refractivity (Wildman–Crippen MR) is 97.2 cm³/mol. The van der Waals surface area contributed by atoms with Gasteiger partial charge in [0.15, 0.2) is 10.8 Å². The topological polar surface area (TPSA) is 93.2 Å². The molecule has 2 N–H and O–H groups in total. The lowest BCUT2D eigenvalue weighted by atomic mass is 10.1. The Hall–Kier alpha value is -2.32. The molecule has 3 aromatic rings. The maximum absolute atomic E-state index is 10.9. The quantitative estimate of drug-likeness (QED) is 0.723. The van der Waals surface area contributed by atoms with E-state index in [1.54, 1.807) is 25.4 Å². The van der Waals surface area contributed by atoms with Crippen LogP contribution in [-0.4, -0.2) is 38.7 Å². The summed E-state index contributed by atoms with van der Waals surface area (Å²) in [5.41, 5.74) is 3.58. The number of hydrogen-bond acceptors (Lipinski definition) is 6. The average molecular weight is 360 g/mol. The van der Waals surface area contributed by atoms with Gasteiger partial charge in [-0.3, -0.25) is 4.98 Å². The Balaban J connectivity index is 1.97. The van der Waals surface area contributed by atoms with E-state index in [1.165, 1.54) is 7.11 Å². The maximum atomic E-state index is 10.9. The van der Waals surface area contributed by atoms with E-state index < -0.39 is 10.3 Å². The number of nitrogens with one attached hydrogen (secondary N) is 1. The first-order chi connectivity index (χ1) is 11.9. The lowest BCUT2D eigenvalue weighted by Crippen LogP contribution is -2.06. The molecule has 1 unspecified atom stereocenters. The monoisotopic (exact) mass is 360 g/mol. The van der Waals surface area contributed by atoms with E-state index in [1.807, 2.05) is 13.8 Å². The first-order valence-corrected chi connectivity index (χ1v) is 9.39. The Kier molecular flexibility index (Phi) is 4.57. The second kappa shape index (κ2) is 6.53. The molecule has 0 fully saturated rings. The summed E-state index contributed by atoms with van der Waals surface area (Å²) in [7, 11) is 0.423. The minimum absolute atomic E-state index is 0.159. The van der Waals surface area contributed by atoms with E-state index in [4.69, 9.17) is 15.7 Å². The van der Waals surface area contributed by atoms with Crippen molar-refractivity contribution < 1.29 is 14.0 Å². The van der Waals surface area contributed by atoms with Crippen LogP contribution in [0.1, 0.15) is 16.8 Å². The van der Waals surface area contributed by atoms with Crippen LogP contribution in [0.25, 0.3) is 11.2 Å². The summed E-state index contributed by atoms with van der Waals surface area (Å²) in [6.07, 6.45) is 7.92. The number of ether oxygens (including phenoxy) is 2. The second-order valence-electron chi connectivity index (χ2n) is 5.71. The number of nitrogens with zero attached hydrogens (tertiary/aromatic N) is 3. The molecule has 0 spiro atoms. The fraction of sp³-hybridized carbons (Fsp3) is 0.294. The summed E-state index contributed by atoms with van der Waals surface area (Å²) in [5, 5.41) is 0.295. The standard InChI is InChI=1S/C17H20N4O3S/c1-10-8-18-13(11(2)15(10)24-4)9-25(5,22)17-19-12-6-7-14(23-3)20-16(12)21-17/h5-8,22H,9H2,1-4H3,(H,19,20,21). The molecule has 3 aromatic heterocycles. The minimum atomic E-state index is -2.72. The summed E-state index contributed by atoms with van der Waals surface area (Å²) >= 11 is 0. The van der Waals surface area contributed by atoms with Gasteiger partial charge in [-0.25, -0.2) is 4.98 Å².